The van der Waals surface area contributed by atoms with Gasteiger partial charge in [-0.05, 0) is 30.7 Å². The second-order valence-electron chi connectivity index (χ2n) is 7.25. The topological polar surface area (TPSA) is 84.2 Å². The minimum absolute atomic E-state index is 0.00536. The molecule has 4 rings (SSSR count). The molecule has 0 bridgehead atoms. The Morgan fingerprint density at radius 2 is 1.88 bits per heavy atom. The average Bonchev–Trinajstić information content (AvgIpc) is 3.17. The molecule has 8 heteroatoms. The SMILES string of the molecule is COC(=O)[C@H]1Oc2cc(C)oc(=O)c2[C@@H]1c1ccc(OCc2ccccc2F)c(OC)c1. The standard InChI is InChI=1S/C24H21FO7/c1-13-10-19-21(23(26)31-13)20(22(32-19)24(27)29-3)14-8-9-17(18(11-14)28-2)30-12-15-6-4-5-7-16(15)25/h4-11,20,22H,12H2,1-3H3/t20-,22-/m0/s1. The van der Waals surface area contributed by atoms with Crippen LogP contribution in [-0.4, -0.2) is 26.3 Å². The summed E-state index contributed by atoms with van der Waals surface area (Å²) < 4.78 is 41.0. The first-order valence-corrected chi connectivity index (χ1v) is 9.86. The number of hydrogen-bond donors (Lipinski definition) is 0. The van der Waals surface area contributed by atoms with Crippen LogP contribution in [0.25, 0.3) is 0 Å². The Balaban J connectivity index is 1.70. The third-order valence-electron chi connectivity index (χ3n) is 5.26. The summed E-state index contributed by atoms with van der Waals surface area (Å²) in [5.74, 6) is -0.376. The maximum Gasteiger partial charge on any atom is 0.348 e. The third-order valence-corrected chi connectivity index (χ3v) is 5.26. The zero-order valence-electron chi connectivity index (χ0n) is 17.7. The van der Waals surface area contributed by atoms with Gasteiger partial charge in [-0.2, -0.15) is 0 Å². The number of carbonyl (C=O) groups is 1. The first-order valence-electron chi connectivity index (χ1n) is 9.86. The van der Waals surface area contributed by atoms with E-state index in [0.717, 1.165) is 0 Å². The molecule has 2 atom stereocenters. The predicted molar refractivity (Wildman–Crippen MR) is 112 cm³/mol. The maximum atomic E-state index is 13.9. The van der Waals surface area contributed by atoms with E-state index >= 15 is 0 Å². The number of rotatable bonds is 6. The van der Waals surface area contributed by atoms with Gasteiger partial charge in [-0.15, -0.1) is 0 Å². The van der Waals surface area contributed by atoms with Crippen LogP contribution in [0, 0.1) is 12.7 Å². The summed E-state index contributed by atoms with van der Waals surface area (Å²) in [6.07, 6.45) is -1.06. The highest BCUT2D eigenvalue weighted by Gasteiger charge is 2.44. The molecule has 3 aromatic rings. The summed E-state index contributed by atoms with van der Waals surface area (Å²) in [6.45, 7) is 1.63. The van der Waals surface area contributed by atoms with Crippen molar-refractivity contribution in [3.63, 3.8) is 0 Å². The van der Waals surface area contributed by atoms with Gasteiger partial charge in [0, 0.05) is 11.6 Å². The number of aryl methyl sites for hydroxylation is 1. The summed E-state index contributed by atoms with van der Waals surface area (Å²) in [6, 6.07) is 12.9. The molecular formula is C24H21FO7. The molecule has 0 N–H and O–H groups in total. The Kier molecular flexibility index (Phi) is 5.85. The molecule has 1 aromatic heterocycles. The molecule has 166 valence electrons. The van der Waals surface area contributed by atoms with Crippen LogP contribution in [0.2, 0.25) is 0 Å². The van der Waals surface area contributed by atoms with Gasteiger partial charge in [0.1, 0.15) is 23.9 Å². The predicted octanol–water partition coefficient (Wildman–Crippen LogP) is 3.74. The Labute approximate surface area is 183 Å². The van der Waals surface area contributed by atoms with Gasteiger partial charge in [-0.3, -0.25) is 0 Å². The lowest BCUT2D eigenvalue weighted by Crippen LogP contribution is -2.31. The summed E-state index contributed by atoms with van der Waals surface area (Å²) in [4.78, 5) is 25.0. The van der Waals surface area contributed by atoms with Crippen molar-refractivity contribution in [3.05, 3.63) is 87.2 Å². The van der Waals surface area contributed by atoms with E-state index in [4.69, 9.17) is 23.4 Å². The zero-order chi connectivity index (χ0) is 22.8. The van der Waals surface area contributed by atoms with E-state index in [2.05, 4.69) is 0 Å². The molecule has 0 amide bonds. The van der Waals surface area contributed by atoms with E-state index in [-0.39, 0.29) is 23.7 Å². The van der Waals surface area contributed by atoms with Crippen LogP contribution in [0.4, 0.5) is 4.39 Å². The van der Waals surface area contributed by atoms with Gasteiger partial charge in [-0.1, -0.05) is 24.3 Å². The molecule has 1 aliphatic heterocycles. The molecule has 32 heavy (non-hydrogen) atoms. The lowest BCUT2D eigenvalue weighted by atomic mass is 9.88. The van der Waals surface area contributed by atoms with Crippen LogP contribution in [0.5, 0.6) is 17.2 Å². The van der Waals surface area contributed by atoms with Gasteiger partial charge in [-0.25, -0.2) is 14.0 Å². The number of halogens is 1. The molecule has 0 saturated carbocycles. The first kappa shape index (κ1) is 21.4. The second-order valence-corrected chi connectivity index (χ2v) is 7.25. The van der Waals surface area contributed by atoms with Crippen LogP contribution in [-0.2, 0) is 16.1 Å². The van der Waals surface area contributed by atoms with Crippen LogP contribution in [0.3, 0.4) is 0 Å². The number of methoxy groups -OCH3 is 2. The van der Waals surface area contributed by atoms with E-state index in [0.29, 0.717) is 28.4 Å². The molecule has 0 fully saturated rings. The van der Waals surface area contributed by atoms with Gasteiger partial charge in [0.15, 0.2) is 11.5 Å². The average molecular weight is 440 g/mol. The molecule has 0 radical (unpaired) electrons. The Morgan fingerprint density at radius 1 is 1.09 bits per heavy atom. The van der Waals surface area contributed by atoms with Gasteiger partial charge >= 0.3 is 11.6 Å². The van der Waals surface area contributed by atoms with Crippen LogP contribution < -0.4 is 19.8 Å². The van der Waals surface area contributed by atoms with Crippen molar-refractivity contribution in [1.29, 1.82) is 0 Å². The van der Waals surface area contributed by atoms with Crippen LogP contribution in [0.15, 0.2) is 57.7 Å². The first-order chi connectivity index (χ1) is 15.4. The monoisotopic (exact) mass is 440 g/mol. The van der Waals surface area contributed by atoms with Crippen molar-refractivity contribution >= 4 is 5.97 Å². The van der Waals surface area contributed by atoms with Gasteiger partial charge < -0.3 is 23.4 Å². The second kappa shape index (κ2) is 8.74. The summed E-state index contributed by atoms with van der Waals surface area (Å²) in [5.41, 5.74) is 0.615. The molecule has 7 nitrogen and oxygen atoms in total. The lowest BCUT2D eigenvalue weighted by Gasteiger charge is -2.19. The normalized spacial score (nSPS) is 16.8. The van der Waals surface area contributed by atoms with Crippen molar-refractivity contribution < 1.29 is 32.5 Å². The Bertz CT molecular complexity index is 1220. The molecular weight excluding hydrogens is 419 g/mol. The minimum Gasteiger partial charge on any atom is -0.493 e. The van der Waals surface area contributed by atoms with E-state index in [1.165, 1.54) is 20.3 Å². The molecule has 0 aliphatic carbocycles. The van der Waals surface area contributed by atoms with E-state index in [9.17, 15) is 14.0 Å². The molecule has 0 saturated heterocycles. The van der Waals surface area contributed by atoms with Gasteiger partial charge in [0.05, 0.1) is 25.7 Å². The molecule has 0 spiro atoms. The van der Waals surface area contributed by atoms with Crippen molar-refractivity contribution in [3.8, 4) is 17.2 Å². The quantitative estimate of drug-likeness (QED) is 0.540. The van der Waals surface area contributed by atoms with Crippen LogP contribution in [0.1, 0.15) is 28.4 Å². The number of benzene rings is 2. The Morgan fingerprint density at radius 3 is 2.59 bits per heavy atom. The number of carbonyl (C=O) groups excluding carboxylic acids is 1. The maximum absolute atomic E-state index is 13.9. The van der Waals surface area contributed by atoms with E-state index < -0.39 is 23.6 Å². The molecule has 0 unspecified atom stereocenters. The summed E-state index contributed by atoms with van der Waals surface area (Å²) in [7, 11) is 2.71. The highest BCUT2D eigenvalue weighted by Crippen LogP contribution is 2.43. The van der Waals surface area contributed by atoms with Crippen LogP contribution >= 0.6 is 0 Å². The molecule has 1 aliphatic rings. The highest BCUT2D eigenvalue weighted by molar-refractivity contribution is 5.79. The van der Waals surface area contributed by atoms with E-state index in [1.807, 2.05) is 0 Å². The fourth-order valence-electron chi connectivity index (χ4n) is 3.74. The van der Waals surface area contributed by atoms with Crippen molar-refractivity contribution in [1.82, 2.24) is 0 Å². The summed E-state index contributed by atoms with van der Waals surface area (Å²) in [5, 5.41) is 0. The smallest absolute Gasteiger partial charge is 0.348 e. The largest absolute Gasteiger partial charge is 0.493 e. The molecule has 2 aromatic carbocycles. The van der Waals surface area contributed by atoms with Gasteiger partial charge in [0.25, 0.3) is 0 Å². The number of fused-ring (bicyclic) bond motifs is 1. The number of hydrogen-bond acceptors (Lipinski definition) is 7. The number of ether oxygens (including phenoxy) is 4. The fourth-order valence-corrected chi connectivity index (χ4v) is 3.74. The van der Waals surface area contributed by atoms with Gasteiger partial charge in [0.2, 0.25) is 6.10 Å². The van der Waals surface area contributed by atoms with Crippen molar-refractivity contribution in [2.24, 2.45) is 0 Å². The van der Waals surface area contributed by atoms with Crippen molar-refractivity contribution in [2.75, 3.05) is 14.2 Å². The zero-order valence-corrected chi connectivity index (χ0v) is 17.7. The lowest BCUT2D eigenvalue weighted by molar-refractivity contribution is -0.148. The Hall–Kier alpha value is -3.81. The fraction of sp³-hybridized carbons (Fsp3) is 0.250. The van der Waals surface area contributed by atoms with E-state index in [1.54, 1.807) is 49.4 Å². The minimum atomic E-state index is -1.06. The molecule has 2 heterocycles. The summed E-state index contributed by atoms with van der Waals surface area (Å²) >= 11 is 0. The highest BCUT2D eigenvalue weighted by atomic mass is 19.1. The third kappa shape index (κ3) is 3.91. The van der Waals surface area contributed by atoms with Crippen molar-refractivity contribution in [2.45, 2.75) is 25.6 Å². The number of esters is 1.